The SMILES string of the molecule is O=C(NCCc1ccco1)[C@H]1[C@@H]2C[C@@H](CN(c3nccs3)C2)[C@@H]2CCCC(=O)N21. The minimum atomic E-state index is -0.386. The number of thiazole rings is 1. The van der Waals surface area contributed by atoms with Crippen LogP contribution in [0.5, 0.6) is 0 Å². The molecule has 8 heteroatoms. The fourth-order valence-corrected chi connectivity index (χ4v) is 6.05. The Morgan fingerprint density at radius 2 is 2.24 bits per heavy atom. The summed E-state index contributed by atoms with van der Waals surface area (Å²) in [7, 11) is 0. The lowest BCUT2D eigenvalue weighted by Gasteiger charge is -2.55. The maximum Gasteiger partial charge on any atom is 0.243 e. The van der Waals surface area contributed by atoms with Crippen molar-refractivity contribution in [3.63, 3.8) is 0 Å². The van der Waals surface area contributed by atoms with Crippen LogP contribution in [0.2, 0.25) is 0 Å². The summed E-state index contributed by atoms with van der Waals surface area (Å²) in [5, 5.41) is 6.09. The lowest BCUT2D eigenvalue weighted by atomic mass is 9.72. The fourth-order valence-electron chi connectivity index (χ4n) is 5.39. The summed E-state index contributed by atoms with van der Waals surface area (Å²) in [6, 6.07) is 3.54. The number of fused-ring (bicyclic) bond motifs is 4. The first kappa shape index (κ1) is 18.7. The zero-order chi connectivity index (χ0) is 19.8. The Bertz CT molecular complexity index is 853. The molecule has 5 heterocycles. The average molecular weight is 415 g/mol. The summed E-state index contributed by atoms with van der Waals surface area (Å²) in [6.07, 6.45) is 7.61. The number of furan rings is 1. The minimum Gasteiger partial charge on any atom is -0.469 e. The third kappa shape index (κ3) is 3.54. The van der Waals surface area contributed by atoms with Crippen LogP contribution in [-0.4, -0.2) is 53.4 Å². The van der Waals surface area contributed by atoms with E-state index in [0.717, 1.165) is 43.2 Å². The Labute approximate surface area is 174 Å². The summed E-state index contributed by atoms with van der Waals surface area (Å²) >= 11 is 1.64. The van der Waals surface area contributed by atoms with Crippen molar-refractivity contribution >= 4 is 28.3 Å². The first-order valence-corrected chi connectivity index (χ1v) is 11.3. The Hall–Kier alpha value is -2.35. The van der Waals surface area contributed by atoms with Crippen molar-refractivity contribution < 1.29 is 14.0 Å². The molecule has 154 valence electrons. The van der Waals surface area contributed by atoms with Gasteiger partial charge in [-0.3, -0.25) is 9.59 Å². The van der Waals surface area contributed by atoms with Crippen LogP contribution in [0.15, 0.2) is 34.4 Å². The third-order valence-corrected chi connectivity index (χ3v) is 7.38. The molecule has 5 rings (SSSR count). The molecule has 2 aromatic rings. The van der Waals surface area contributed by atoms with Crippen molar-refractivity contribution in [3.8, 4) is 0 Å². The molecule has 29 heavy (non-hydrogen) atoms. The van der Waals surface area contributed by atoms with Crippen LogP contribution in [0.4, 0.5) is 5.13 Å². The van der Waals surface area contributed by atoms with E-state index in [2.05, 4.69) is 15.2 Å². The van der Waals surface area contributed by atoms with Crippen molar-refractivity contribution in [3.05, 3.63) is 35.7 Å². The molecule has 4 atom stereocenters. The Kier molecular flexibility index (Phi) is 5.03. The molecule has 0 unspecified atom stereocenters. The number of piperidine rings is 3. The first-order chi connectivity index (χ1) is 14.2. The molecule has 2 bridgehead atoms. The number of hydrogen-bond donors (Lipinski definition) is 1. The van der Waals surface area contributed by atoms with Crippen LogP contribution >= 0.6 is 11.3 Å². The lowest BCUT2D eigenvalue weighted by Crippen LogP contribution is -2.68. The highest BCUT2D eigenvalue weighted by Crippen LogP contribution is 2.42. The topological polar surface area (TPSA) is 78.7 Å². The predicted octanol–water partition coefficient (Wildman–Crippen LogP) is 2.30. The summed E-state index contributed by atoms with van der Waals surface area (Å²) in [5.41, 5.74) is 0. The molecule has 0 aliphatic carbocycles. The number of rotatable bonds is 5. The van der Waals surface area contributed by atoms with Crippen molar-refractivity contribution in [2.24, 2.45) is 11.8 Å². The molecule has 3 fully saturated rings. The van der Waals surface area contributed by atoms with Crippen LogP contribution in [0.1, 0.15) is 31.4 Å². The Morgan fingerprint density at radius 1 is 1.34 bits per heavy atom. The first-order valence-electron chi connectivity index (χ1n) is 10.5. The van der Waals surface area contributed by atoms with Gasteiger partial charge in [0.1, 0.15) is 11.8 Å². The molecule has 3 saturated heterocycles. The van der Waals surface area contributed by atoms with Gasteiger partial charge < -0.3 is 19.5 Å². The van der Waals surface area contributed by atoms with Crippen molar-refractivity contribution in [1.29, 1.82) is 0 Å². The van der Waals surface area contributed by atoms with Gasteiger partial charge in [-0.15, -0.1) is 11.3 Å². The second-order valence-electron chi connectivity index (χ2n) is 8.30. The number of nitrogens with one attached hydrogen (secondary N) is 1. The van der Waals surface area contributed by atoms with Gasteiger partial charge in [-0.1, -0.05) is 0 Å². The maximum absolute atomic E-state index is 13.3. The quantitative estimate of drug-likeness (QED) is 0.812. The molecule has 0 saturated carbocycles. The number of anilines is 1. The van der Waals surface area contributed by atoms with E-state index >= 15 is 0 Å². The molecule has 2 aromatic heterocycles. The van der Waals surface area contributed by atoms with E-state index in [9.17, 15) is 9.59 Å². The Balaban J connectivity index is 1.35. The second-order valence-corrected chi connectivity index (χ2v) is 9.17. The van der Waals surface area contributed by atoms with Crippen molar-refractivity contribution in [2.75, 3.05) is 24.5 Å². The van der Waals surface area contributed by atoms with Crippen molar-refractivity contribution in [1.82, 2.24) is 15.2 Å². The molecule has 1 N–H and O–H groups in total. The van der Waals surface area contributed by atoms with Gasteiger partial charge in [-0.2, -0.15) is 0 Å². The monoisotopic (exact) mass is 414 g/mol. The minimum absolute atomic E-state index is 0.0266. The fraction of sp³-hybridized carbons (Fsp3) is 0.571. The van der Waals surface area contributed by atoms with E-state index in [1.165, 1.54) is 0 Å². The van der Waals surface area contributed by atoms with E-state index in [-0.39, 0.29) is 29.8 Å². The molecule has 3 aliphatic rings. The van der Waals surface area contributed by atoms with E-state index in [1.807, 2.05) is 28.6 Å². The third-order valence-electron chi connectivity index (χ3n) is 6.55. The molecule has 0 aromatic carbocycles. The van der Waals surface area contributed by atoms with E-state index in [4.69, 9.17) is 4.42 Å². The number of aromatic nitrogens is 1. The number of carbonyl (C=O) groups is 2. The molecule has 7 nitrogen and oxygen atoms in total. The van der Waals surface area contributed by atoms with Gasteiger partial charge in [-0.05, 0) is 37.3 Å². The maximum atomic E-state index is 13.3. The van der Waals surface area contributed by atoms with Crippen molar-refractivity contribution in [2.45, 2.75) is 44.2 Å². The zero-order valence-electron chi connectivity index (χ0n) is 16.3. The highest BCUT2D eigenvalue weighted by atomic mass is 32.1. The highest BCUT2D eigenvalue weighted by Gasteiger charge is 2.52. The average Bonchev–Trinajstić information content (AvgIpc) is 3.43. The summed E-state index contributed by atoms with van der Waals surface area (Å²) in [5.74, 6) is 1.52. The summed E-state index contributed by atoms with van der Waals surface area (Å²) < 4.78 is 5.36. The molecule has 0 radical (unpaired) electrons. The predicted molar refractivity (Wildman–Crippen MR) is 110 cm³/mol. The van der Waals surface area contributed by atoms with E-state index in [1.54, 1.807) is 17.6 Å². The smallest absolute Gasteiger partial charge is 0.243 e. The largest absolute Gasteiger partial charge is 0.469 e. The second kappa shape index (κ2) is 7.82. The van der Waals surface area contributed by atoms with Gasteiger partial charge >= 0.3 is 0 Å². The van der Waals surface area contributed by atoms with Crippen LogP contribution in [0.3, 0.4) is 0 Å². The van der Waals surface area contributed by atoms with Gasteiger partial charge in [0.2, 0.25) is 11.8 Å². The normalized spacial score (nSPS) is 28.9. The van der Waals surface area contributed by atoms with Crippen LogP contribution in [0, 0.1) is 11.8 Å². The zero-order valence-corrected chi connectivity index (χ0v) is 17.1. The summed E-state index contributed by atoms with van der Waals surface area (Å²) in [4.78, 5) is 34.9. The van der Waals surface area contributed by atoms with Crippen LogP contribution < -0.4 is 10.2 Å². The molecule has 2 amide bonds. The number of nitrogens with zero attached hydrogens (tertiary/aromatic N) is 3. The Morgan fingerprint density at radius 3 is 3.03 bits per heavy atom. The standard InChI is InChI=1S/C21H26N4O3S/c26-18-5-1-4-17-14-11-15(13-24(12-14)21-23-8-10-29-21)19(25(17)18)20(27)22-7-6-16-3-2-9-28-16/h2-3,8-10,14-15,17,19H,1,4-7,11-13H2,(H,22,27)/t14-,15+,17-,19+/m0/s1. The van der Waals surface area contributed by atoms with E-state index < -0.39 is 0 Å². The molecule has 3 aliphatic heterocycles. The van der Waals surface area contributed by atoms with Gasteiger partial charge in [0.05, 0.1) is 6.26 Å². The number of amides is 2. The highest BCUT2D eigenvalue weighted by molar-refractivity contribution is 7.13. The lowest BCUT2D eigenvalue weighted by molar-refractivity contribution is -0.156. The van der Waals surface area contributed by atoms with Gasteiger partial charge in [-0.25, -0.2) is 4.98 Å². The molecular formula is C21H26N4O3S. The molecular weight excluding hydrogens is 388 g/mol. The van der Waals surface area contributed by atoms with Crippen LogP contribution in [0.25, 0.3) is 0 Å². The molecule has 0 spiro atoms. The number of carbonyl (C=O) groups excluding carboxylic acids is 2. The summed E-state index contributed by atoms with van der Waals surface area (Å²) in [6.45, 7) is 2.21. The van der Waals surface area contributed by atoms with Gasteiger partial charge in [0.15, 0.2) is 5.13 Å². The van der Waals surface area contributed by atoms with E-state index in [0.29, 0.717) is 25.3 Å². The number of hydrogen-bond acceptors (Lipinski definition) is 6. The van der Waals surface area contributed by atoms with Crippen LogP contribution in [-0.2, 0) is 16.0 Å². The van der Waals surface area contributed by atoms with Gasteiger partial charge in [0, 0.05) is 56.0 Å². The van der Waals surface area contributed by atoms with Gasteiger partial charge in [0.25, 0.3) is 0 Å².